The highest BCUT2D eigenvalue weighted by Gasteiger charge is 2.13. The maximum atomic E-state index is 13.0. The molecule has 0 saturated heterocycles. The Hall–Kier alpha value is -1.03. The molecule has 1 aromatic carbocycles. The second kappa shape index (κ2) is 3.79. The molecule has 0 aliphatic carbocycles. The second-order valence-corrected chi connectivity index (χ2v) is 2.92. The van der Waals surface area contributed by atoms with Crippen molar-refractivity contribution in [1.29, 1.82) is 0 Å². The van der Waals surface area contributed by atoms with E-state index in [1.54, 1.807) is 6.92 Å². The Morgan fingerprint density at radius 3 is 2.23 bits per heavy atom. The topological polar surface area (TPSA) is 26.0 Å². The van der Waals surface area contributed by atoms with Crippen molar-refractivity contribution >= 4 is 0 Å². The molecule has 0 saturated carbocycles. The standard InChI is InChI=1S/C9H10F3N/c1-5(4-13)6-2-8(11)9(12)3-7(6)10/h2-3,5H,4,13H2,1H3. The number of rotatable bonds is 2. The largest absolute Gasteiger partial charge is 0.330 e. The van der Waals surface area contributed by atoms with Crippen molar-refractivity contribution in [1.82, 2.24) is 0 Å². The first kappa shape index (κ1) is 10.1. The predicted octanol–water partition coefficient (Wildman–Crippen LogP) is 2.17. The SMILES string of the molecule is CC(CN)c1cc(F)c(F)cc1F. The Labute approximate surface area is 74.4 Å². The van der Waals surface area contributed by atoms with Crippen LogP contribution in [0.4, 0.5) is 13.2 Å². The average Bonchev–Trinajstić information content (AvgIpc) is 2.10. The molecule has 4 heteroatoms. The molecule has 0 heterocycles. The molecule has 1 rings (SSSR count). The molecule has 0 bridgehead atoms. The lowest BCUT2D eigenvalue weighted by molar-refractivity contribution is 0.486. The average molecular weight is 189 g/mol. The van der Waals surface area contributed by atoms with Gasteiger partial charge in [0.25, 0.3) is 0 Å². The van der Waals surface area contributed by atoms with Crippen LogP contribution in [0.3, 0.4) is 0 Å². The predicted molar refractivity (Wildman–Crippen MR) is 43.8 cm³/mol. The van der Waals surface area contributed by atoms with Gasteiger partial charge in [0.1, 0.15) is 5.82 Å². The fourth-order valence-corrected chi connectivity index (χ4v) is 1.04. The van der Waals surface area contributed by atoms with Gasteiger partial charge >= 0.3 is 0 Å². The molecule has 1 aromatic rings. The molecule has 72 valence electrons. The minimum Gasteiger partial charge on any atom is -0.330 e. The van der Waals surface area contributed by atoms with Crippen LogP contribution in [0.2, 0.25) is 0 Å². The Bertz CT molecular complexity index is 312. The monoisotopic (exact) mass is 189 g/mol. The molecule has 0 aliphatic heterocycles. The van der Waals surface area contributed by atoms with E-state index in [4.69, 9.17) is 5.73 Å². The third-order valence-corrected chi connectivity index (χ3v) is 1.92. The minimum absolute atomic E-state index is 0.112. The molecule has 0 aliphatic rings. The van der Waals surface area contributed by atoms with Crippen molar-refractivity contribution in [2.45, 2.75) is 12.8 Å². The summed E-state index contributed by atoms with van der Waals surface area (Å²) < 4.78 is 38.2. The zero-order valence-electron chi connectivity index (χ0n) is 7.15. The summed E-state index contributed by atoms with van der Waals surface area (Å²) in [6.45, 7) is 1.84. The summed E-state index contributed by atoms with van der Waals surface area (Å²) in [7, 11) is 0. The molecule has 1 nitrogen and oxygen atoms in total. The Morgan fingerprint density at radius 2 is 1.69 bits per heavy atom. The van der Waals surface area contributed by atoms with Crippen LogP contribution >= 0.6 is 0 Å². The van der Waals surface area contributed by atoms with Crippen LogP contribution < -0.4 is 5.73 Å². The highest BCUT2D eigenvalue weighted by Crippen LogP contribution is 2.20. The zero-order chi connectivity index (χ0) is 10.0. The van der Waals surface area contributed by atoms with Gasteiger partial charge in [0.2, 0.25) is 0 Å². The molecular formula is C9H10F3N. The van der Waals surface area contributed by atoms with Crippen molar-refractivity contribution in [2.24, 2.45) is 5.73 Å². The van der Waals surface area contributed by atoms with Crippen LogP contribution in [0, 0.1) is 17.5 Å². The minimum atomic E-state index is -1.18. The summed E-state index contributed by atoms with van der Waals surface area (Å²) in [5.74, 6) is -3.28. The number of nitrogens with two attached hydrogens (primary N) is 1. The van der Waals surface area contributed by atoms with Gasteiger partial charge in [-0.25, -0.2) is 13.2 Å². The first-order valence-electron chi connectivity index (χ1n) is 3.90. The lowest BCUT2D eigenvalue weighted by Crippen LogP contribution is -2.11. The molecule has 0 fully saturated rings. The second-order valence-electron chi connectivity index (χ2n) is 2.92. The van der Waals surface area contributed by atoms with Crippen LogP contribution in [0.15, 0.2) is 12.1 Å². The maximum Gasteiger partial charge on any atom is 0.161 e. The molecule has 2 N–H and O–H groups in total. The van der Waals surface area contributed by atoms with Crippen molar-refractivity contribution in [3.05, 3.63) is 35.1 Å². The van der Waals surface area contributed by atoms with E-state index in [0.717, 1.165) is 6.07 Å². The van der Waals surface area contributed by atoms with E-state index in [0.29, 0.717) is 6.07 Å². The highest BCUT2D eigenvalue weighted by molar-refractivity contribution is 5.23. The van der Waals surface area contributed by atoms with Gasteiger partial charge < -0.3 is 5.73 Å². The summed E-state index contributed by atoms with van der Waals surface area (Å²) in [5, 5.41) is 0. The molecule has 0 aromatic heterocycles. The normalized spacial score (nSPS) is 13.0. The van der Waals surface area contributed by atoms with Crippen molar-refractivity contribution < 1.29 is 13.2 Å². The van der Waals surface area contributed by atoms with Crippen LogP contribution in [0.5, 0.6) is 0 Å². The number of hydrogen-bond donors (Lipinski definition) is 1. The molecule has 1 unspecified atom stereocenters. The van der Waals surface area contributed by atoms with Crippen molar-refractivity contribution in [3.8, 4) is 0 Å². The van der Waals surface area contributed by atoms with Gasteiger partial charge in [-0.15, -0.1) is 0 Å². The van der Waals surface area contributed by atoms with Crippen molar-refractivity contribution in [3.63, 3.8) is 0 Å². The molecule has 0 amide bonds. The van der Waals surface area contributed by atoms with Crippen LogP contribution in [-0.4, -0.2) is 6.54 Å². The van der Waals surface area contributed by atoms with E-state index in [2.05, 4.69) is 0 Å². The maximum absolute atomic E-state index is 13.0. The highest BCUT2D eigenvalue weighted by atomic mass is 19.2. The van der Waals surface area contributed by atoms with E-state index in [-0.39, 0.29) is 18.0 Å². The summed E-state index contributed by atoms with van der Waals surface area (Å²) in [5.41, 5.74) is 5.39. The quantitative estimate of drug-likeness (QED) is 0.709. The molecule has 0 spiro atoms. The number of benzene rings is 1. The molecular weight excluding hydrogens is 179 g/mol. The molecule has 1 atom stereocenters. The molecule has 13 heavy (non-hydrogen) atoms. The van der Waals surface area contributed by atoms with Crippen molar-refractivity contribution in [2.75, 3.05) is 6.54 Å². The van der Waals surface area contributed by atoms with Gasteiger partial charge in [0.15, 0.2) is 11.6 Å². The first-order valence-corrected chi connectivity index (χ1v) is 3.90. The third-order valence-electron chi connectivity index (χ3n) is 1.92. The Morgan fingerprint density at radius 1 is 1.15 bits per heavy atom. The van der Waals surface area contributed by atoms with Gasteiger partial charge in [0.05, 0.1) is 0 Å². The number of halogens is 3. The summed E-state index contributed by atoms with van der Waals surface area (Å²) >= 11 is 0. The van der Waals surface area contributed by atoms with Gasteiger partial charge in [-0.3, -0.25) is 0 Å². The fourth-order valence-electron chi connectivity index (χ4n) is 1.04. The fraction of sp³-hybridized carbons (Fsp3) is 0.333. The summed E-state index contributed by atoms with van der Waals surface area (Å²) in [6, 6.07) is 1.39. The Balaban J connectivity index is 3.15. The van der Waals surface area contributed by atoms with Crippen LogP contribution in [0.25, 0.3) is 0 Å². The summed E-state index contributed by atoms with van der Waals surface area (Å²) in [4.78, 5) is 0. The van der Waals surface area contributed by atoms with E-state index < -0.39 is 17.5 Å². The summed E-state index contributed by atoms with van der Waals surface area (Å²) in [6.07, 6.45) is 0. The van der Waals surface area contributed by atoms with Gasteiger partial charge in [-0.05, 0) is 24.1 Å². The van der Waals surface area contributed by atoms with Gasteiger partial charge in [-0.2, -0.15) is 0 Å². The van der Waals surface area contributed by atoms with Crippen LogP contribution in [-0.2, 0) is 0 Å². The van der Waals surface area contributed by atoms with Crippen LogP contribution in [0.1, 0.15) is 18.4 Å². The van der Waals surface area contributed by atoms with Gasteiger partial charge in [-0.1, -0.05) is 6.92 Å². The smallest absolute Gasteiger partial charge is 0.161 e. The van der Waals surface area contributed by atoms with Gasteiger partial charge in [0, 0.05) is 6.07 Å². The van der Waals surface area contributed by atoms with E-state index in [9.17, 15) is 13.2 Å². The Kier molecular flexibility index (Phi) is 2.93. The van der Waals surface area contributed by atoms with E-state index in [1.807, 2.05) is 0 Å². The van der Waals surface area contributed by atoms with E-state index in [1.165, 1.54) is 0 Å². The lowest BCUT2D eigenvalue weighted by atomic mass is 10.0. The third kappa shape index (κ3) is 2.01. The molecule has 0 radical (unpaired) electrons. The lowest BCUT2D eigenvalue weighted by Gasteiger charge is -2.10. The zero-order valence-corrected chi connectivity index (χ0v) is 7.15. The first-order chi connectivity index (χ1) is 6.06. The van der Waals surface area contributed by atoms with E-state index >= 15 is 0 Å². The number of hydrogen-bond acceptors (Lipinski definition) is 1.